The van der Waals surface area contributed by atoms with Gasteiger partial charge in [0.15, 0.2) is 0 Å². The van der Waals surface area contributed by atoms with Crippen LogP contribution in [0.5, 0.6) is 0 Å². The summed E-state index contributed by atoms with van der Waals surface area (Å²) in [6, 6.07) is 0. The Hall–Kier alpha value is -0.200. The summed E-state index contributed by atoms with van der Waals surface area (Å²) < 4.78 is 15.6. The third-order valence-electron chi connectivity index (χ3n) is 3.25. The highest BCUT2D eigenvalue weighted by atomic mass is 16.5. The van der Waals surface area contributed by atoms with Crippen molar-refractivity contribution in [3.63, 3.8) is 0 Å². The first-order chi connectivity index (χ1) is 8.66. The maximum atomic E-state index is 10.3. The van der Waals surface area contributed by atoms with Gasteiger partial charge in [-0.05, 0) is 13.5 Å². The zero-order valence-corrected chi connectivity index (χ0v) is 11.7. The van der Waals surface area contributed by atoms with Crippen LogP contribution in [-0.2, 0) is 14.2 Å². The molecule has 0 saturated carbocycles. The van der Waals surface area contributed by atoms with E-state index < -0.39 is 5.60 Å². The molecule has 0 radical (unpaired) electrons. The van der Waals surface area contributed by atoms with Crippen LogP contribution < -0.4 is 0 Å². The van der Waals surface area contributed by atoms with E-state index in [-0.39, 0.29) is 0 Å². The minimum Gasteiger partial charge on any atom is -0.388 e. The van der Waals surface area contributed by atoms with Crippen LogP contribution in [0.4, 0.5) is 0 Å². The molecule has 1 aliphatic heterocycles. The number of hydrogen-bond acceptors (Lipinski definition) is 5. The van der Waals surface area contributed by atoms with Crippen molar-refractivity contribution in [3.8, 4) is 0 Å². The fraction of sp³-hybridized carbons (Fsp3) is 1.00. The normalized spacial score (nSPS) is 19.3. The monoisotopic (exact) mass is 261 g/mol. The van der Waals surface area contributed by atoms with E-state index in [1.807, 2.05) is 7.05 Å². The van der Waals surface area contributed by atoms with Crippen molar-refractivity contribution in [3.05, 3.63) is 0 Å². The first-order valence-electron chi connectivity index (χ1n) is 6.72. The second kappa shape index (κ2) is 8.82. The zero-order chi connectivity index (χ0) is 13.3. The fourth-order valence-electron chi connectivity index (χ4n) is 2.17. The standard InChI is InChI=1S/C13H27NO4/c1-14(6-3-7-17-11-10-16-2)12-13(15)4-8-18-9-5-13/h15H,3-12H2,1-2H3. The average Bonchev–Trinajstić information content (AvgIpc) is 2.34. The number of methoxy groups -OCH3 is 1. The lowest BCUT2D eigenvalue weighted by Gasteiger charge is -2.35. The van der Waals surface area contributed by atoms with Gasteiger partial charge in [-0.2, -0.15) is 0 Å². The molecule has 1 rings (SSSR count). The van der Waals surface area contributed by atoms with Crippen molar-refractivity contribution in [1.29, 1.82) is 0 Å². The van der Waals surface area contributed by atoms with Gasteiger partial charge >= 0.3 is 0 Å². The maximum Gasteiger partial charge on any atom is 0.0817 e. The summed E-state index contributed by atoms with van der Waals surface area (Å²) in [4.78, 5) is 2.17. The molecule has 0 aromatic rings. The van der Waals surface area contributed by atoms with Crippen molar-refractivity contribution in [2.45, 2.75) is 24.9 Å². The molecule has 0 unspecified atom stereocenters. The van der Waals surface area contributed by atoms with Crippen molar-refractivity contribution in [2.75, 3.05) is 60.3 Å². The average molecular weight is 261 g/mol. The lowest BCUT2D eigenvalue weighted by Crippen LogP contribution is -2.45. The number of nitrogens with zero attached hydrogens (tertiary/aromatic N) is 1. The van der Waals surface area contributed by atoms with Crippen molar-refractivity contribution in [2.24, 2.45) is 0 Å². The molecule has 5 heteroatoms. The van der Waals surface area contributed by atoms with Gasteiger partial charge in [-0.15, -0.1) is 0 Å². The Morgan fingerprint density at radius 2 is 1.94 bits per heavy atom. The van der Waals surface area contributed by atoms with Crippen LogP contribution in [-0.4, -0.2) is 75.9 Å². The molecule has 0 atom stereocenters. The lowest BCUT2D eigenvalue weighted by molar-refractivity contribution is -0.0773. The number of hydrogen-bond donors (Lipinski definition) is 1. The van der Waals surface area contributed by atoms with Crippen LogP contribution in [0.15, 0.2) is 0 Å². The summed E-state index contributed by atoms with van der Waals surface area (Å²) in [5.41, 5.74) is -0.566. The lowest BCUT2D eigenvalue weighted by atomic mass is 9.94. The minimum atomic E-state index is -0.566. The van der Waals surface area contributed by atoms with Gasteiger partial charge in [0.2, 0.25) is 0 Å². The summed E-state index contributed by atoms with van der Waals surface area (Å²) in [5.74, 6) is 0. The predicted octanol–water partition coefficient (Wildman–Crippen LogP) is 0.513. The summed E-state index contributed by atoms with van der Waals surface area (Å²) in [6.07, 6.45) is 2.45. The second-order valence-electron chi connectivity index (χ2n) is 5.03. The van der Waals surface area contributed by atoms with Gasteiger partial charge < -0.3 is 24.2 Å². The van der Waals surface area contributed by atoms with Gasteiger partial charge in [0.25, 0.3) is 0 Å². The third-order valence-corrected chi connectivity index (χ3v) is 3.25. The Kier molecular flexibility index (Phi) is 7.77. The molecule has 0 bridgehead atoms. The molecule has 0 spiro atoms. The van der Waals surface area contributed by atoms with Gasteiger partial charge in [0.1, 0.15) is 0 Å². The van der Waals surface area contributed by atoms with E-state index in [1.165, 1.54) is 0 Å². The molecule has 5 nitrogen and oxygen atoms in total. The van der Waals surface area contributed by atoms with Gasteiger partial charge in [0.05, 0.1) is 18.8 Å². The summed E-state index contributed by atoms with van der Waals surface area (Å²) in [5, 5.41) is 10.3. The zero-order valence-electron chi connectivity index (χ0n) is 11.7. The van der Waals surface area contributed by atoms with E-state index in [9.17, 15) is 5.11 Å². The van der Waals surface area contributed by atoms with Crippen LogP contribution >= 0.6 is 0 Å². The van der Waals surface area contributed by atoms with Crippen LogP contribution in [0.2, 0.25) is 0 Å². The number of rotatable bonds is 9. The van der Waals surface area contributed by atoms with E-state index in [4.69, 9.17) is 14.2 Å². The van der Waals surface area contributed by atoms with E-state index >= 15 is 0 Å². The highest BCUT2D eigenvalue weighted by molar-refractivity contribution is 4.83. The first kappa shape index (κ1) is 15.9. The molecule has 18 heavy (non-hydrogen) atoms. The SMILES string of the molecule is COCCOCCCN(C)CC1(O)CCOCC1. The second-order valence-corrected chi connectivity index (χ2v) is 5.03. The van der Waals surface area contributed by atoms with E-state index in [1.54, 1.807) is 7.11 Å². The molecule has 1 heterocycles. The van der Waals surface area contributed by atoms with Crippen LogP contribution in [0.1, 0.15) is 19.3 Å². The molecular formula is C13H27NO4. The Morgan fingerprint density at radius 3 is 2.61 bits per heavy atom. The third kappa shape index (κ3) is 6.66. The van der Waals surface area contributed by atoms with E-state index in [0.717, 1.165) is 32.4 Å². The quantitative estimate of drug-likeness (QED) is 0.613. The van der Waals surface area contributed by atoms with Crippen molar-refractivity contribution < 1.29 is 19.3 Å². The van der Waals surface area contributed by atoms with Gasteiger partial charge in [-0.3, -0.25) is 0 Å². The molecule has 1 saturated heterocycles. The molecule has 1 aliphatic rings. The molecule has 108 valence electrons. The molecule has 0 aromatic heterocycles. The number of ether oxygens (including phenoxy) is 3. The van der Waals surface area contributed by atoms with Gasteiger partial charge in [-0.25, -0.2) is 0 Å². The molecule has 0 aliphatic carbocycles. The maximum absolute atomic E-state index is 10.3. The van der Waals surface area contributed by atoms with Crippen LogP contribution in [0, 0.1) is 0 Å². The first-order valence-corrected chi connectivity index (χ1v) is 6.72. The highest BCUT2D eigenvalue weighted by Gasteiger charge is 2.30. The minimum absolute atomic E-state index is 0.566. The van der Waals surface area contributed by atoms with Gasteiger partial charge in [-0.1, -0.05) is 0 Å². The fourth-order valence-corrected chi connectivity index (χ4v) is 2.17. The summed E-state index contributed by atoms with van der Waals surface area (Å²) in [6.45, 7) is 5.05. The molecule has 1 N–H and O–H groups in total. The molecule has 0 amide bonds. The molecular weight excluding hydrogens is 234 g/mol. The molecule has 0 aromatic carbocycles. The summed E-state index contributed by atoms with van der Waals surface area (Å²) in [7, 11) is 3.72. The number of likely N-dealkylation sites (N-methyl/N-ethyl adjacent to an activating group) is 1. The summed E-state index contributed by atoms with van der Waals surface area (Å²) >= 11 is 0. The Morgan fingerprint density at radius 1 is 1.22 bits per heavy atom. The van der Waals surface area contributed by atoms with Crippen LogP contribution in [0.3, 0.4) is 0 Å². The Labute approximate surface area is 110 Å². The van der Waals surface area contributed by atoms with E-state index in [2.05, 4.69) is 4.90 Å². The topological polar surface area (TPSA) is 51.2 Å². The van der Waals surface area contributed by atoms with Crippen molar-refractivity contribution >= 4 is 0 Å². The number of aliphatic hydroxyl groups is 1. The molecule has 1 fully saturated rings. The van der Waals surface area contributed by atoms with Crippen molar-refractivity contribution in [1.82, 2.24) is 4.90 Å². The predicted molar refractivity (Wildman–Crippen MR) is 69.8 cm³/mol. The Balaban J connectivity index is 2.04. The highest BCUT2D eigenvalue weighted by Crippen LogP contribution is 2.21. The largest absolute Gasteiger partial charge is 0.388 e. The Bertz CT molecular complexity index is 207. The smallest absolute Gasteiger partial charge is 0.0817 e. The van der Waals surface area contributed by atoms with Crippen LogP contribution in [0.25, 0.3) is 0 Å². The van der Waals surface area contributed by atoms with Gasteiger partial charge in [0, 0.05) is 52.9 Å². The van der Waals surface area contributed by atoms with E-state index in [0.29, 0.717) is 33.0 Å².